The highest BCUT2D eigenvalue weighted by atomic mass is 32.1. The lowest BCUT2D eigenvalue weighted by atomic mass is 10.2. The quantitative estimate of drug-likeness (QED) is 0.851. The molecular weight excluding hydrogens is 290 g/mol. The lowest BCUT2D eigenvalue weighted by Gasteiger charge is -2.07. The van der Waals surface area contributed by atoms with E-state index in [1.807, 2.05) is 6.92 Å². The summed E-state index contributed by atoms with van der Waals surface area (Å²) in [6.07, 6.45) is 0. The number of thiophene rings is 1. The number of aryl methyl sites for hydroxylation is 1. The standard InChI is InChI=1S/C15H15NO4S/c1-3-20-15(19)11-8-9(2)21-14(11)16-13(18)10-6-4-5-7-12(10)17/h4-8,17H,3H2,1-2H3,(H,16,18). The molecule has 1 aromatic heterocycles. The van der Waals surface area contributed by atoms with Gasteiger partial charge in [-0.1, -0.05) is 12.1 Å². The fourth-order valence-corrected chi connectivity index (χ4v) is 2.70. The molecule has 21 heavy (non-hydrogen) atoms. The number of benzene rings is 1. The summed E-state index contributed by atoms with van der Waals surface area (Å²) in [6.45, 7) is 3.82. The molecule has 0 aliphatic rings. The second-order valence-corrected chi connectivity index (χ2v) is 5.55. The number of carbonyl (C=O) groups excluding carboxylic acids is 2. The van der Waals surface area contributed by atoms with Gasteiger partial charge in [0.25, 0.3) is 5.91 Å². The summed E-state index contributed by atoms with van der Waals surface area (Å²) in [7, 11) is 0. The van der Waals surface area contributed by atoms with Crippen molar-refractivity contribution in [3.8, 4) is 5.75 Å². The molecule has 0 spiro atoms. The topological polar surface area (TPSA) is 75.6 Å². The van der Waals surface area contributed by atoms with Gasteiger partial charge in [0.05, 0.1) is 17.7 Å². The molecule has 1 aromatic carbocycles. The highest BCUT2D eigenvalue weighted by Gasteiger charge is 2.19. The van der Waals surface area contributed by atoms with Crippen molar-refractivity contribution >= 4 is 28.2 Å². The van der Waals surface area contributed by atoms with E-state index in [1.165, 1.54) is 23.5 Å². The number of aromatic hydroxyl groups is 1. The summed E-state index contributed by atoms with van der Waals surface area (Å²) >= 11 is 1.28. The number of ether oxygens (including phenoxy) is 1. The summed E-state index contributed by atoms with van der Waals surface area (Å²) in [5.41, 5.74) is 0.474. The average Bonchev–Trinajstić information content (AvgIpc) is 2.80. The number of para-hydroxylation sites is 1. The highest BCUT2D eigenvalue weighted by molar-refractivity contribution is 7.16. The van der Waals surface area contributed by atoms with Crippen LogP contribution < -0.4 is 5.32 Å². The smallest absolute Gasteiger partial charge is 0.341 e. The lowest BCUT2D eigenvalue weighted by molar-refractivity contribution is 0.0528. The molecular formula is C15H15NO4S. The van der Waals surface area contributed by atoms with Crippen molar-refractivity contribution in [1.29, 1.82) is 0 Å². The number of esters is 1. The molecule has 0 saturated carbocycles. The minimum absolute atomic E-state index is 0.110. The number of phenols is 1. The van der Waals surface area contributed by atoms with E-state index in [0.29, 0.717) is 10.6 Å². The molecule has 0 unspecified atom stereocenters. The SMILES string of the molecule is CCOC(=O)c1cc(C)sc1NC(=O)c1ccccc1O. The number of hydrogen-bond donors (Lipinski definition) is 2. The third-order valence-electron chi connectivity index (χ3n) is 2.73. The molecule has 0 aliphatic carbocycles. The molecule has 0 bridgehead atoms. The Labute approximate surface area is 126 Å². The highest BCUT2D eigenvalue weighted by Crippen LogP contribution is 2.29. The van der Waals surface area contributed by atoms with Gasteiger partial charge in [0.2, 0.25) is 0 Å². The van der Waals surface area contributed by atoms with Gasteiger partial charge in [-0.25, -0.2) is 4.79 Å². The molecule has 0 radical (unpaired) electrons. The lowest BCUT2D eigenvalue weighted by Crippen LogP contribution is -2.14. The van der Waals surface area contributed by atoms with E-state index in [4.69, 9.17) is 4.74 Å². The van der Waals surface area contributed by atoms with Crippen molar-refractivity contribution < 1.29 is 19.4 Å². The van der Waals surface area contributed by atoms with Gasteiger partial charge in [0.15, 0.2) is 0 Å². The van der Waals surface area contributed by atoms with Crippen LogP contribution >= 0.6 is 11.3 Å². The van der Waals surface area contributed by atoms with Crippen LogP contribution in [0.25, 0.3) is 0 Å². The van der Waals surface area contributed by atoms with Gasteiger partial charge in [-0.3, -0.25) is 4.79 Å². The average molecular weight is 305 g/mol. The first kappa shape index (κ1) is 15.1. The van der Waals surface area contributed by atoms with E-state index in [2.05, 4.69) is 5.32 Å². The Morgan fingerprint density at radius 1 is 1.29 bits per heavy atom. The van der Waals surface area contributed by atoms with E-state index in [9.17, 15) is 14.7 Å². The Hall–Kier alpha value is -2.34. The summed E-state index contributed by atoms with van der Waals surface area (Å²) < 4.78 is 4.96. The van der Waals surface area contributed by atoms with Crippen LogP contribution in [0.3, 0.4) is 0 Å². The number of amides is 1. The summed E-state index contributed by atoms with van der Waals surface area (Å²) in [5.74, 6) is -1.06. The van der Waals surface area contributed by atoms with Crippen molar-refractivity contribution in [1.82, 2.24) is 0 Å². The molecule has 0 aliphatic heterocycles. The van der Waals surface area contributed by atoms with E-state index in [0.717, 1.165) is 4.88 Å². The van der Waals surface area contributed by atoms with Crippen molar-refractivity contribution in [2.75, 3.05) is 11.9 Å². The fraction of sp³-hybridized carbons (Fsp3) is 0.200. The van der Waals surface area contributed by atoms with Crippen LogP contribution in [0.4, 0.5) is 5.00 Å². The second kappa shape index (κ2) is 6.41. The van der Waals surface area contributed by atoms with E-state index in [1.54, 1.807) is 25.1 Å². The Morgan fingerprint density at radius 3 is 2.67 bits per heavy atom. The number of phenolic OH excluding ortho intramolecular Hbond substituents is 1. The van der Waals surface area contributed by atoms with Crippen LogP contribution in [0, 0.1) is 6.92 Å². The van der Waals surface area contributed by atoms with E-state index in [-0.39, 0.29) is 17.9 Å². The summed E-state index contributed by atoms with van der Waals surface area (Å²) in [4.78, 5) is 24.9. The van der Waals surface area contributed by atoms with Crippen molar-refractivity contribution in [3.63, 3.8) is 0 Å². The predicted octanol–water partition coefficient (Wildman–Crippen LogP) is 3.19. The monoisotopic (exact) mass is 305 g/mol. The number of nitrogens with one attached hydrogen (secondary N) is 1. The van der Waals surface area contributed by atoms with Crippen LogP contribution in [0.1, 0.15) is 32.5 Å². The number of rotatable bonds is 4. The van der Waals surface area contributed by atoms with Gasteiger partial charge in [0, 0.05) is 4.88 Å². The second-order valence-electron chi connectivity index (χ2n) is 4.29. The van der Waals surface area contributed by atoms with Gasteiger partial charge < -0.3 is 15.2 Å². The maximum atomic E-state index is 12.2. The van der Waals surface area contributed by atoms with Crippen molar-refractivity contribution in [2.24, 2.45) is 0 Å². The van der Waals surface area contributed by atoms with Gasteiger partial charge >= 0.3 is 5.97 Å². The van der Waals surface area contributed by atoms with Gasteiger partial charge in [-0.2, -0.15) is 0 Å². The van der Waals surface area contributed by atoms with Crippen LogP contribution in [0.2, 0.25) is 0 Å². The molecule has 6 heteroatoms. The number of anilines is 1. The van der Waals surface area contributed by atoms with Crippen LogP contribution in [0.5, 0.6) is 5.75 Å². The zero-order chi connectivity index (χ0) is 15.4. The van der Waals surface area contributed by atoms with Crippen molar-refractivity contribution in [2.45, 2.75) is 13.8 Å². The molecule has 1 heterocycles. The van der Waals surface area contributed by atoms with Crippen LogP contribution in [-0.2, 0) is 4.74 Å². The molecule has 0 atom stereocenters. The van der Waals surface area contributed by atoms with Gasteiger partial charge in [0.1, 0.15) is 10.8 Å². The molecule has 5 nitrogen and oxygen atoms in total. The van der Waals surface area contributed by atoms with Gasteiger partial charge in [-0.15, -0.1) is 11.3 Å². The Balaban J connectivity index is 2.26. The third-order valence-corrected chi connectivity index (χ3v) is 3.69. The molecule has 110 valence electrons. The summed E-state index contributed by atoms with van der Waals surface area (Å²) in [6, 6.07) is 7.89. The minimum Gasteiger partial charge on any atom is -0.507 e. The molecule has 0 saturated heterocycles. The zero-order valence-electron chi connectivity index (χ0n) is 11.7. The van der Waals surface area contributed by atoms with Crippen LogP contribution in [-0.4, -0.2) is 23.6 Å². The first-order chi connectivity index (χ1) is 10.0. The zero-order valence-corrected chi connectivity index (χ0v) is 12.5. The first-order valence-corrected chi connectivity index (χ1v) is 7.21. The molecule has 2 aromatic rings. The summed E-state index contributed by atoms with van der Waals surface area (Å²) in [5, 5.41) is 12.7. The van der Waals surface area contributed by atoms with Crippen LogP contribution in [0.15, 0.2) is 30.3 Å². The minimum atomic E-state index is -0.477. The largest absolute Gasteiger partial charge is 0.507 e. The predicted molar refractivity (Wildman–Crippen MR) is 81.1 cm³/mol. The molecule has 2 N–H and O–H groups in total. The fourth-order valence-electron chi connectivity index (χ4n) is 1.80. The van der Waals surface area contributed by atoms with Crippen molar-refractivity contribution in [3.05, 3.63) is 46.3 Å². The first-order valence-electron chi connectivity index (χ1n) is 6.39. The Morgan fingerprint density at radius 2 is 2.00 bits per heavy atom. The van der Waals surface area contributed by atoms with E-state index < -0.39 is 11.9 Å². The molecule has 2 rings (SSSR count). The van der Waals surface area contributed by atoms with E-state index >= 15 is 0 Å². The normalized spacial score (nSPS) is 10.2. The maximum absolute atomic E-state index is 12.2. The molecule has 0 fully saturated rings. The Bertz CT molecular complexity index is 678. The Kier molecular flexibility index (Phi) is 4.59. The third kappa shape index (κ3) is 3.41. The number of carbonyl (C=O) groups is 2. The number of hydrogen-bond acceptors (Lipinski definition) is 5. The maximum Gasteiger partial charge on any atom is 0.341 e. The van der Waals surface area contributed by atoms with Gasteiger partial charge in [-0.05, 0) is 32.0 Å². The molecule has 1 amide bonds.